The van der Waals surface area contributed by atoms with Crippen molar-refractivity contribution in [3.8, 4) is 0 Å². The van der Waals surface area contributed by atoms with Crippen molar-refractivity contribution in [1.29, 1.82) is 0 Å². The maximum absolute atomic E-state index is 13.5. The van der Waals surface area contributed by atoms with Crippen LogP contribution in [0.5, 0.6) is 0 Å². The third-order valence-electron chi connectivity index (χ3n) is 2.36. The van der Waals surface area contributed by atoms with Gasteiger partial charge in [0.05, 0.1) is 16.7 Å². The fraction of sp³-hybridized carbons (Fsp3) is 0.0833. The second-order valence-corrected chi connectivity index (χ2v) is 4.70. The van der Waals surface area contributed by atoms with Crippen LogP contribution in [0.3, 0.4) is 0 Å². The van der Waals surface area contributed by atoms with E-state index in [2.05, 4.69) is 0 Å². The van der Waals surface area contributed by atoms with E-state index in [1.165, 1.54) is 18.0 Å². The zero-order valence-electron chi connectivity index (χ0n) is 9.44. The molecule has 1 heterocycles. The molecule has 0 aliphatic carbocycles. The van der Waals surface area contributed by atoms with E-state index in [4.69, 9.17) is 15.3 Å². The molecule has 18 heavy (non-hydrogen) atoms. The van der Waals surface area contributed by atoms with Gasteiger partial charge in [-0.3, -0.25) is 0 Å². The van der Waals surface area contributed by atoms with Crippen LogP contribution in [-0.4, -0.2) is 11.1 Å². The van der Waals surface area contributed by atoms with Crippen LogP contribution in [0.1, 0.15) is 16.1 Å². The number of aromatic carboxylic acids is 1. The van der Waals surface area contributed by atoms with E-state index in [9.17, 15) is 9.18 Å². The zero-order valence-corrected chi connectivity index (χ0v) is 10.3. The summed E-state index contributed by atoms with van der Waals surface area (Å²) in [4.78, 5) is 12.0. The number of carboxylic acids is 1. The van der Waals surface area contributed by atoms with Gasteiger partial charge in [0.1, 0.15) is 11.6 Å². The molecule has 0 fully saturated rings. The lowest BCUT2D eigenvalue weighted by Gasteiger charge is -2.06. The smallest absolute Gasteiger partial charge is 0.338 e. The molecule has 0 amide bonds. The van der Waals surface area contributed by atoms with Gasteiger partial charge >= 0.3 is 5.97 Å². The van der Waals surface area contributed by atoms with Crippen LogP contribution in [0.4, 0.5) is 10.1 Å². The molecule has 3 N–H and O–H groups in total. The Bertz CT molecular complexity index is 609. The van der Waals surface area contributed by atoms with Gasteiger partial charge < -0.3 is 15.3 Å². The Labute approximate surface area is 107 Å². The summed E-state index contributed by atoms with van der Waals surface area (Å²) >= 11 is 1.23. The Kier molecular flexibility index (Phi) is 3.29. The van der Waals surface area contributed by atoms with Crippen molar-refractivity contribution in [3.05, 3.63) is 41.6 Å². The highest BCUT2D eigenvalue weighted by atomic mass is 32.2. The number of hydrogen-bond donors (Lipinski definition) is 2. The van der Waals surface area contributed by atoms with Crippen molar-refractivity contribution >= 4 is 23.4 Å². The highest BCUT2D eigenvalue weighted by molar-refractivity contribution is 7.99. The molecule has 1 aromatic heterocycles. The molecule has 2 aromatic rings. The van der Waals surface area contributed by atoms with Crippen molar-refractivity contribution < 1.29 is 18.7 Å². The van der Waals surface area contributed by atoms with E-state index < -0.39 is 17.3 Å². The summed E-state index contributed by atoms with van der Waals surface area (Å²) < 4.78 is 18.7. The number of benzene rings is 1. The number of carboxylic acid groups (broad SMARTS) is 1. The molecule has 0 aliphatic heterocycles. The minimum atomic E-state index is -1.34. The Morgan fingerprint density at radius 2 is 2.17 bits per heavy atom. The van der Waals surface area contributed by atoms with Gasteiger partial charge in [-0.1, -0.05) is 11.8 Å². The van der Waals surface area contributed by atoms with E-state index in [-0.39, 0.29) is 5.69 Å². The van der Waals surface area contributed by atoms with Crippen molar-refractivity contribution in [2.75, 3.05) is 5.73 Å². The third-order valence-corrected chi connectivity index (χ3v) is 3.58. The fourth-order valence-corrected chi connectivity index (χ4v) is 2.31. The van der Waals surface area contributed by atoms with Crippen LogP contribution in [0.2, 0.25) is 0 Å². The van der Waals surface area contributed by atoms with Gasteiger partial charge in [0.15, 0.2) is 0 Å². The Balaban J connectivity index is 2.38. The number of anilines is 1. The maximum Gasteiger partial charge on any atom is 0.338 e. The summed E-state index contributed by atoms with van der Waals surface area (Å²) in [7, 11) is 0. The van der Waals surface area contributed by atoms with Crippen LogP contribution in [0, 0.1) is 12.7 Å². The Morgan fingerprint density at radius 3 is 2.72 bits per heavy atom. The van der Waals surface area contributed by atoms with E-state index >= 15 is 0 Å². The van der Waals surface area contributed by atoms with E-state index in [1.54, 1.807) is 13.0 Å². The Hall–Kier alpha value is -1.95. The van der Waals surface area contributed by atoms with Gasteiger partial charge in [-0.05, 0) is 25.1 Å². The molecule has 0 unspecified atom stereocenters. The van der Waals surface area contributed by atoms with Crippen molar-refractivity contribution in [1.82, 2.24) is 0 Å². The molecule has 0 atom stereocenters. The lowest BCUT2D eigenvalue weighted by atomic mass is 10.2. The first-order valence-electron chi connectivity index (χ1n) is 5.03. The van der Waals surface area contributed by atoms with Crippen LogP contribution < -0.4 is 5.73 Å². The lowest BCUT2D eigenvalue weighted by Crippen LogP contribution is -2.03. The second kappa shape index (κ2) is 4.73. The monoisotopic (exact) mass is 267 g/mol. The van der Waals surface area contributed by atoms with Crippen molar-refractivity contribution in [3.63, 3.8) is 0 Å². The average Bonchev–Trinajstić information content (AvgIpc) is 2.69. The highest BCUT2D eigenvalue weighted by Crippen LogP contribution is 2.35. The summed E-state index contributed by atoms with van der Waals surface area (Å²) in [5.74, 6) is -1.45. The summed E-state index contributed by atoms with van der Waals surface area (Å²) in [6, 6.07) is 3.98. The molecular weight excluding hydrogens is 257 g/mol. The molecule has 0 saturated carbocycles. The first-order chi connectivity index (χ1) is 8.49. The number of nitrogen functional groups attached to an aromatic ring is 1. The number of halogens is 1. The predicted octanol–water partition coefficient (Wildman–Crippen LogP) is 3.16. The highest BCUT2D eigenvalue weighted by Gasteiger charge is 2.15. The lowest BCUT2D eigenvalue weighted by molar-refractivity contribution is 0.0692. The summed E-state index contributed by atoms with van der Waals surface area (Å²) in [6.45, 7) is 1.78. The van der Waals surface area contributed by atoms with Crippen LogP contribution in [0.15, 0.2) is 38.7 Å². The van der Waals surface area contributed by atoms with Gasteiger partial charge in [0, 0.05) is 10.6 Å². The number of aryl methyl sites for hydroxylation is 1. The topological polar surface area (TPSA) is 76.5 Å². The summed E-state index contributed by atoms with van der Waals surface area (Å²) in [5.41, 5.74) is 5.51. The SMILES string of the molecule is Cc1occc1Sc1cc(F)c(C(=O)O)cc1N. The van der Waals surface area contributed by atoms with Gasteiger partial charge in [0.25, 0.3) is 0 Å². The predicted molar refractivity (Wildman–Crippen MR) is 65.3 cm³/mol. The van der Waals surface area contributed by atoms with Crippen LogP contribution in [0.25, 0.3) is 0 Å². The van der Waals surface area contributed by atoms with Crippen molar-refractivity contribution in [2.45, 2.75) is 16.7 Å². The third kappa shape index (κ3) is 2.33. The molecule has 0 radical (unpaired) electrons. The first-order valence-corrected chi connectivity index (χ1v) is 5.85. The molecule has 0 aliphatic rings. The molecule has 1 aromatic carbocycles. The van der Waals surface area contributed by atoms with Gasteiger partial charge in [-0.25, -0.2) is 9.18 Å². The fourth-order valence-electron chi connectivity index (χ4n) is 1.42. The standard InChI is InChI=1S/C12H10FNO3S/c1-6-10(2-3-17-6)18-11-5-8(13)7(12(15)16)4-9(11)14/h2-5H,14H2,1H3,(H,15,16). The molecule has 2 rings (SSSR count). The van der Waals surface area contributed by atoms with Gasteiger partial charge in [0.2, 0.25) is 0 Å². The number of rotatable bonds is 3. The minimum absolute atomic E-state index is 0.222. The molecule has 0 spiro atoms. The summed E-state index contributed by atoms with van der Waals surface area (Å²) in [5, 5.41) is 8.76. The quantitative estimate of drug-likeness (QED) is 0.835. The molecule has 4 nitrogen and oxygen atoms in total. The second-order valence-electron chi connectivity index (χ2n) is 3.62. The maximum atomic E-state index is 13.5. The van der Waals surface area contributed by atoms with Crippen molar-refractivity contribution in [2.24, 2.45) is 0 Å². The average molecular weight is 267 g/mol. The van der Waals surface area contributed by atoms with Gasteiger partial charge in [-0.2, -0.15) is 0 Å². The first kappa shape index (κ1) is 12.5. The Morgan fingerprint density at radius 1 is 1.44 bits per heavy atom. The normalized spacial score (nSPS) is 10.6. The molecular formula is C12H10FNO3S. The molecule has 0 saturated heterocycles. The number of carbonyl (C=O) groups is 1. The number of furan rings is 1. The van der Waals surface area contributed by atoms with Crippen LogP contribution in [-0.2, 0) is 0 Å². The van der Waals surface area contributed by atoms with Gasteiger partial charge in [-0.15, -0.1) is 0 Å². The molecule has 0 bridgehead atoms. The zero-order chi connectivity index (χ0) is 13.3. The van der Waals surface area contributed by atoms with E-state index in [1.807, 2.05) is 0 Å². The van der Waals surface area contributed by atoms with Crippen LogP contribution >= 0.6 is 11.8 Å². The molecule has 94 valence electrons. The van der Waals surface area contributed by atoms with E-state index in [0.717, 1.165) is 17.0 Å². The minimum Gasteiger partial charge on any atom is -0.478 e. The summed E-state index contributed by atoms with van der Waals surface area (Å²) in [6.07, 6.45) is 1.52. The number of nitrogens with two attached hydrogens (primary N) is 1. The molecule has 6 heteroatoms. The largest absolute Gasteiger partial charge is 0.478 e. The number of hydrogen-bond acceptors (Lipinski definition) is 4. The van der Waals surface area contributed by atoms with E-state index in [0.29, 0.717) is 10.7 Å².